The van der Waals surface area contributed by atoms with Crippen LogP contribution in [0.3, 0.4) is 0 Å². The van der Waals surface area contributed by atoms with E-state index in [-0.39, 0.29) is 12.5 Å². The molecular formula is C13H11N5O2. The SMILES string of the molecule is O=C(NCc1noc(-c2ccn[nH]2)n1)c1ccccc1. The number of hydrogen-bond donors (Lipinski definition) is 2. The number of carbonyl (C=O) groups excluding carboxylic acids is 1. The zero-order valence-corrected chi connectivity index (χ0v) is 10.4. The van der Waals surface area contributed by atoms with Gasteiger partial charge in [-0.1, -0.05) is 23.4 Å². The van der Waals surface area contributed by atoms with Crippen LogP contribution in [-0.4, -0.2) is 26.2 Å². The van der Waals surface area contributed by atoms with Crippen molar-refractivity contribution >= 4 is 5.91 Å². The first-order valence-electron chi connectivity index (χ1n) is 5.98. The molecule has 1 aromatic carbocycles. The Hall–Kier alpha value is -2.96. The molecule has 0 fully saturated rings. The van der Waals surface area contributed by atoms with Gasteiger partial charge in [0.25, 0.3) is 11.8 Å². The standard InChI is InChI=1S/C13H11N5O2/c19-12(9-4-2-1-3-5-9)14-8-11-16-13(20-18-11)10-6-7-15-17-10/h1-7H,8H2,(H,14,19)(H,15,17). The predicted octanol–water partition coefficient (Wildman–Crippen LogP) is 1.39. The number of hydrogen-bond acceptors (Lipinski definition) is 5. The van der Waals surface area contributed by atoms with Crippen molar-refractivity contribution in [1.82, 2.24) is 25.7 Å². The summed E-state index contributed by atoms with van der Waals surface area (Å²) in [6.45, 7) is 0.200. The molecule has 7 heteroatoms. The summed E-state index contributed by atoms with van der Waals surface area (Å²) >= 11 is 0. The van der Waals surface area contributed by atoms with Gasteiger partial charge in [-0.05, 0) is 18.2 Å². The number of rotatable bonds is 4. The Kier molecular flexibility index (Phi) is 3.24. The Morgan fingerprint density at radius 2 is 2.10 bits per heavy atom. The summed E-state index contributed by atoms with van der Waals surface area (Å²) < 4.78 is 5.06. The number of benzene rings is 1. The average Bonchev–Trinajstić information content (AvgIpc) is 3.16. The van der Waals surface area contributed by atoms with E-state index in [0.29, 0.717) is 23.0 Å². The normalized spacial score (nSPS) is 10.4. The molecule has 0 aliphatic rings. The van der Waals surface area contributed by atoms with Gasteiger partial charge >= 0.3 is 0 Å². The van der Waals surface area contributed by atoms with E-state index in [2.05, 4.69) is 25.7 Å². The molecule has 100 valence electrons. The third-order valence-corrected chi connectivity index (χ3v) is 2.64. The van der Waals surface area contributed by atoms with Crippen LogP contribution in [0.2, 0.25) is 0 Å². The van der Waals surface area contributed by atoms with Gasteiger partial charge in [0.05, 0.1) is 6.54 Å². The van der Waals surface area contributed by atoms with Crippen molar-refractivity contribution in [3.05, 3.63) is 54.0 Å². The van der Waals surface area contributed by atoms with E-state index in [0.717, 1.165) is 0 Å². The van der Waals surface area contributed by atoms with Crippen LogP contribution in [0.5, 0.6) is 0 Å². The number of aromatic amines is 1. The molecule has 0 radical (unpaired) electrons. The van der Waals surface area contributed by atoms with E-state index >= 15 is 0 Å². The summed E-state index contributed by atoms with van der Waals surface area (Å²) in [4.78, 5) is 16.0. The molecule has 0 atom stereocenters. The quantitative estimate of drug-likeness (QED) is 0.746. The topological polar surface area (TPSA) is 96.7 Å². The maximum absolute atomic E-state index is 11.8. The van der Waals surface area contributed by atoms with E-state index in [1.165, 1.54) is 0 Å². The van der Waals surface area contributed by atoms with Gasteiger partial charge in [0.1, 0.15) is 5.69 Å². The number of nitrogens with zero attached hydrogens (tertiary/aromatic N) is 3. The lowest BCUT2D eigenvalue weighted by molar-refractivity contribution is 0.0949. The number of aromatic nitrogens is 4. The molecule has 3 aromatic rings. The Balaban J connectivity index is 1.63. The van der Waals surface area contributed by atoms with E-state index in [4.69, 9.17) is 4.52 Å². The number of amides is 1. The molecule has 0 spiro atoms. The largest absolute Gasteiger partial charge is 0.345 e. The fraction of sp³-hybridized carbons (Fsp3) is 0.0769. The lowest BCUT2D eigenvalue weighted by Crippen LogP contribution is -2.23. The molecule has 0 aliphatic heterocycles. The molecule has 20 heavy (non-hydrogen) atoms. The minimum absolute atomic E-state index is 0.182. The van der Waals surface area contributed by atoms with E-state index in [9.17, 15) is 4.79 Å². The highest BCUT2D eigenvalue weighted by molar-refractivity contribution is 5.93. The second kappa shape index (κ2) is 5.35. The number of carbonyl (C=O) groups is 1. The van der Waals surface area contributed by atoms with Crippen molar-refractivity contribution in [1.29, 1.82) is 0 Å². The first-order valence-corrected chi connectivity index (χ1v) is 5.98. The van der Waals surface area contributed by atoms with Crippen LogP contribution in [0.25, 0.3) is 11.6 Å². The van der Waals surface area contributed by atoms with Crippen molar-refractivity contribution in [2.45, 2.75) is 6.54 Å². The van der Waals surface area contributed by atoms with Gasteiger partial charge < -0.3 is 9.84 Å². The van der Waals surface area contributed by atoms with Crippen molar-refractivity contribution in [3.63, 3.8) is 0 Å². The maximum Gasteiger partial charge on any atom is 0.275 e. The third kappa shape index (κ3) is 2.56. The highest BCUT2D eigenvalue weighted by Gasteiger charge is 2.11. The molecule has 0 unspecified atom stereocenters. The highest BCUT2D eigenvalue weighted by Crippen LogP contribution is 2.12. The van der Waals surface area contributed by atoms with Crippen molar-refractivity contribution in [2.75, 3.05) is 0 Å². The van der Waals surface area contributed by atoms with Crippen molar-refractivity contribution in [3.8, 4) is 11.6 Å². The summed E-state index contributed by atoms with van der Waals surface area (Å²) in [6, 6.07) is 10.7. The lowest BCUT2D eigenvalue weighted by atomic mass is 10.2. The third-order valence-electron chi connectivity index (χ3n) is 2.64. The van der Waals surface area contributed by atoms with E-state index < -0.39 is 0 Å². The smallest absolute Gasteiger partial charge is 0.275 e. The molecule has 0 aliphatic carbocycles. The van der Waals surface area contributed by atoms with Gasteiger partial charge in [-0.15, -0.1) is 0 Å². The lowest BCUT2D eigenvalue weighted by Gasteiger charge is -2.01. The van der Waals surface area contributed by atoms with E-state index in [1.54, 1.807) is 36.5 Å². The average molecular weight is 269 g/mol. The fourth-order valence-electron chi connectivity index (χ4n) is 1.66. The fourth-order valence-corrected chi connectivity index (χ4v) is 1.66. The summed E-state index contributed by atoms with van der Waals surface area (Å²) in [5.74, 6) is 0.559. The number of nitrogens with one attached hydrogen (secondary N) is 2. The summed E-state index contributed by atoms with van der Waals surface area (Å²) in [5, 5.41) is 13.0. The van der Waals surface area contributed by atoms with Gasteiger partial charge in [0.2, 0.25) is 0 Å². The summed E-state index contributed by atoms with van der Waals surface area (Å²) in [6.07, 6.45) is 1.59. The minimum Gasteiger partial charge on any atom is -0.345 e. The zero-order valence-electron chi connectivity index (χ0n) is 10.4. The van der Waals surface area contributed by atoms with Crippen LogP contribution in [0.4, 0.5) is 0 Å². The Morgan fingerprint density at radius 1 is 1.25 bits per heavy atom. The second-order valence-electron chi connectivity index (χ2n) is 4.03. The molecular weight excluding hydrogens is 258 g/mol. The van der Waals surface area contributed by atoms with Gasteiger partial charge in [-0.3, -0.25) is 9.89 Å². The number of H-pyrrole nitrogens is 1. The molecule has 2 N–H and O–H groups in total. The molecule has 2 heterocycles. The van der Waals surface area contributed by atoms with Crippen LogP contribution in [0, 0.1) is 0 Å². The second-order valence-corrected chi connectivity index (χ2v) is 4.03. The van der Waals surface area contributed by atoms with Crippen molar-refractivity contribution in [2.24, 2.45) is 0 Å². The summed E-state index contributed by atoms with van der Waals surface area (Å²) in [5.41, 5.74) is 1.22. The monoisotopic (exact) mass is 269 g/mol. The molecule has 2 aromatic heterocycles. The van der Waals surface area contributed by atoms with Crippen LogP contribution in [-0.2, 0) is 6.54 Å². The molecule has 0 saturated carbocycles. The van der Waals surface area contributed by atoms with Crippen LogP contribution in [0.1, 0.15) is 16.2 Å². The van der Waals surface area contributed by atoms with Gasteiger partial charge in [-0.2, -0.15) is 10.1 Å². The molecule has 1 amide bonds. The van der Waals surface area contributed by atoms with Crippen LogP contribution < -0.4 is 5.32 Å². The van der Waals surface area contributed by atoms with Crippen molar-refractivity contribution < 1.29 is 9.32 Å². The Morgan fingerprint density at radius 3 is 2.85 bits per heavy atom. The Bertz CT molecular complexity index is 691. The van der Waals surface area contributed by atoms with Gasteiger partial charge in [-0.25, -0.2) is 0 Å². The van der Waals surface area contributed by atoms with Gasteiger partial charge in [0, 0.05) is 11.8 Å². The molecule has 0 saturated heterocycles. The zero-order chi connectivity index (χ0) is 13.8. The molecule has 7 nitrogen and oxygen atoms in total. The van der Waals surface area contributed by atoms with Gasteiger partial charge in [0.15, 0.2) is 5.82 Å². The summed E-state index contributed by atoms with van der Waals surface area (Å²) in [7, 11) is 0. The minimum atomic E-state index is -0.182. The van der Waals surface area contributed by atoms with E-state index in [1.807, 2.05) is 6.07 Å². The van der Waals surface area contributed by atoms with Crippen LogP contribution in [0.15, 0.2) is 47.1 Å². The Labute approximate surface area is 114 Å². The molecule has 0 bridgehead atoms. The first-order chi connectivity index (χ1) is 9.83. The van der Waals surface area contributed by atoms with Crippen LogP contribution >= 0.6 is 0 Å². The predicted molar refractivity (Wildman–Crippen MR) is 69.5 cm³/mol. The highest BCUT2D eigenvalue weighted by atomic mass is 16.5. The maximum atomic E-state index is 11.8. The molecule has 3 rings (SSSR count). The first kappa shape index (κ1) is 12.1.